The van der Waals surface area contributed by atoms with Gasteiger partial charge in [0.25, 0.3) is 5.91 Å². The molecule has 0 aliphatic carbocycles. The summed E-state index contributed by atoms with van der Waals surface area (Å²) in [6, 6.07) is 6.57. The lowest BCUT2D eigenvalue weighted by atomic mass is 10.2. The lowest BCUT2D eigenvalue weighted by Crippen LogP contribution is -2.23. The van der Waals surface area contributed by atoms with Crippen molar-refractivity contribution < 1.29 is 19.1 Å². The number of benzene rings is 1. The quantitative estimate of drug-likeness (QED) is 0.886. The number of rotatable bonds is 4. The van der Waals surface area contributed by atoms with Crippen LogP contribution in [0.2, 0.25) is 0 Å². The molecule has 0 saturated heterocycles. The Bertz CT molecular complexity index is 686. The van der Waals surface area contributed by atoms with Gasteiger partial charge < -0.3 is 10.4 Å². The Morgan fingerprint density at radius 1 is 1.24 bits per heavy atom. The molecule has 0 atom stereocenters. The van der Waals surface area contributed by atoms with E-state index in [0.29, 0.717) is 10.2 Å². The van der Waals surface area contributed by atoms with Gasteiger partial charge in [-0.1, -0.05) is 15.9 Å². The number of nitrogens with zero attached hydrogens (tertiary/aromatic N) is 1. The van der Waals surface area contributed by atoms with E-state index in [9.17, 15) is 14.0 Å². The third-order valence-corrected chi connectivity index (χ3v) is 3.08. The molecule has 0 bridgehead atoms. The molecule has 0 fully saturated rings. The largest absolute Gasteiger partial charge is 0.478 e. The number of carboxylic acids is 1. The van der Waals surface area contributed by atoms with E-state index in [4.69, 9.17) is 5.11 Å². The third kappa shape index (κ3) is 4.09. The maximum Gasteiger partial charge on any atom is 0.335 e. The monoisotopic (exact) mass is 352 g/mol. The fraction of sp³-hybridized carbons (Fsp3) is 0.0714. The maximum absolute atomic E-state index is 13.2. The van der Waals surface area contributed by atoms with E-state index in [1.165, 1.54) is 30.5 Å². The number of aromatic carboxylic acids is 1. The van der Waals surface area contributed by atoms with Gasteiger partial charge in [0.1, 0.15) is 5.82 Å². The van der Waals surface area contributed by atoms with Crippen molar-refractivity contribution in [3.05, 3.63) is 63.6 Å². The maximum atomic E-state index is 13.2. The van der Waals surface area contributed by atoms with Gasteiger partial charge in [0, 0.05) is 16.2 Å². The van der Waals surface area contributed by atoms with E-state index < -0.39 is 17.7 Å². The predicted octanol–water partition coefficient (Wildman–Crippen LogP) is 2.61. The van der Waals surface area contributed by atoms with Gasteiger partial charge in [-0.05, 0) is 30.3 Å². The van der Waals surface area contributed by atoms with Crippen LogP contribution >= 0.6 is 15.9 Å². The molecule has 2 rings (SSSR count). The van der Waals surface area contributed by atoms with Crippen molar-refractivity contribution >= 4 is 27.8 Å². The summed E-state index contributed by atoms with van der Waals surface area (Å²) >= 11 is 3.11. The number of pyridine rings is 1. The smallest absolute Gasteiger partial charge is 0.335 e. The number of amides is 1. The summed E-state index contributed by atoms with van der Waals surface area (Å²) in [5.74, 6) is -2.07. The van der Waals surface area contributed by atoms with E-state index in [2.05, 4.69) is 26.2 Å². The van der Waals surface area contributed by atoms with Crippen molar-refractivity contribution in [2.75, 3.05) is 0 Å². The Morgan fingerprint density at radius 3 is 2.67 bits per heavy atom. The highest BCUT2D eigenvalue weighted by Gasteiger charge is 2.09. The zero-order valence-electron chi connectivity index (χ0n) is 10.6. The van der Waals surface area contributed by atoms with E-state index in [1.54, 1.807) is 0 Å². The summed E-state index contributed by atoms with van der Waals surface area (Å²) in [6.07, 6.45) is 1.35. The van der Waals surface area contributed by atoms with Crippen molar-refractivity contribution in [2.24, 2.45) is 0 Å². The molecule has 2 aromatic rings. The highest BCUT2D eigenvalue weighted by molar-refractivity contribution is 9.10. The minimum Gasteiger partial charge on any atom is -0.478 e. The Labute approximate surface area is 128 Å². The van der Waals surface area contributed by atoms with Gasteiger partial charge in [-0.15, -0.1) is 0 Å². The zero-order chi connectivity index (χ0) is 15.4. The van der Waals surface area contributed by atoms with Gasteiger partial charge in [0.2, 0.25) is 0 Å². The SMILES string of the molecule is O=C(O)c1ccnc(CNC(=O)c2cc(F)cc(Br)c2)c1. The summed E-state index contributed by atoms with van der Waals surface area (Å²) in [5, 5.41) is 11.4. The topological polar surface area (TPSA) is 79.3 Å². The molecule has 1 aromatic carbocycles. The molecule has 1 amide bonds. The van der Waals surface area contributed by atoms with Gasteiger partial charge in [0.05, 0.1) is 17.8 Å². The molecule has 0 spiro atoms. The Hall–Kier alpha value is -2.28. The standard InChI is InChI=1S/C14H10BrFN2O3/c15-10-3-9(4-11(16)6-10)13(19)18-7-12-5-8(14(20)21)1-2-17-12/h1-6H,7H2,(H,18,19)(H,20,21). The molecule has 0 aliphatic rings. The van der Waals surface area contributed by atoms with Crippen LogP contribution in [0.3, 0.4) is 0 Å². The van der Waals surface area contributed by atoms with Crippen molar-refractivity contribution in [1.29, 1.82) is 0 Å². The van der Waals surface area contributed by atoms with Crippen LogP contribution in [0.5, 0.6) is 0 Å². The molecule has 108 valence electrons. The number of halogens is 2. The summed E-state index contributed by atoms with van der Waals surface area (Å²) in [5.41, 5.74) is 0.651. The Balaban J connectivity index is 2.07. The fourth-order valence-electron chi connectivity index (χ4n) is 1.67. The van der Waals surface area contributed by atoms with Crippen LogP contribution in [0.15, 0.2) is 41.0 Å². The molecule has 0 radical (unpaired) electrons. The molecule has 1 aromatic heterocycles. The molecular weight excluding hydrogens is 343 g/mol. The third-order valence-electron chi connectivity index (χ3n) is 2.62. The van der Waals surface area contributed by atoms with Crippen LogP contribution in [-0.2, 0) is 6.54 Å². The van der Waals surface area contributed by atoms with Gasteiger partial charge >= 0.3 is 5.97 Å². The van der Waals surface area contributed by atoms with Crippen molar-refractivity contribution in [3.63, 3.8) is 0 Å². The number of carboxylic acid groups (broad SMARTS) is 1. The number of hydrogen-bond acceptors (Lipinski definition) is 3. The van der Waals surface area contributed by atoms with Crippen molar-refractivity contribution in [3.8, 4) is 0 Å². The van der Waals surface area contributed by atoms with Crippen LogP contribution < -0.4 is 5.32 Å². The first kappa shape index (κ1) is 15.1. The van der Waals surface area contributed by atoms with Crippen LogP contribution in [0.25, 0.3) is 0 Å². The van der Waals surface area contributed by atoms with E-state index in [0.717, 1.165) is 6.07 Å². The van der Waals surface area contributed by atoms with Gasteiger partial charge in [-0.2, -0.15) is 0 Å². The molecule has 7 heteroatoms. The molecule has 0 unspecified atom stereocenters. The Kier molecular flexibility index (Phi) is 4.64. The molecule has 0 saturated carbocycles. The first-order valence-corrected chi connectivity index (χ1v) is 6.67. The minimum atomic E-state index is -1.07. The van der Waals surface area contributed by atoms with Crippen LogP contribution in [0.4, 0.5) is 4.39 Å². The summed E-state index contributed by atoms with van der Waals surface area (Å²) in [7, 11) is 0. The van der Waals surface area contributed by atoms with E-state index in [1.807, 2.05) is 0 Å². The second-order valence-corrected chi connectivity index (χ2v) is 5.10. The normalized spacial score (nSPS) is 10.2. The van der Waals surface area contributed by atoms with Crippen LogP contribution in [0.1, 0.15) is 26.4 Å². The van der Waals surface area contributed by atoms with Gasteiger partial charge in [-0.3, -0.25) is 9.78 Å². The number of carbonyl (C=O) groups is 2. The van der Waals surface area contributed by atoms with Gasteiger partial charge in [0.15, 0.2) is 0 Å². The highest BCUT2D eigenvalue weighted by atomic mass is 79.9. The van der Waals surface area contributed by atoms with Gasteiger partial charge in [-0.25, -0.2) is 9.18 Å². The summed E-state index contributed by atoms with van der Waals surface area (Å²) in [6.45, 7) is 0.0497. The van der Waals surface area contributed by atoms with Crippen molar-refractivity contribution in [2.45, 2.75) is 6.54 Å². The fourth-order valence-corrected chi connectivity index (χ4v) is 2.13. The lowest BCUT2D eigenvalue weighted by molar-refractivity contribution is 0.0696. The van der Waals surface area contributed by atoms with Crippen LogP contribution in [0, 0.1) is 5.82 Å². The van der Waals surface area contributed by atoms with E-state index >= 15 is 0 Å². The van der Waals surface area contributed by atoms with Crippen LogP contribution in [-0.4, -0.2) is 22.0 Å². The molecule has 1 heterocycles. The molecule has 0 aliphatic heterocycles. The highest BCUT2D eigenvalue weighted by Crippen LogP contribution is 2.15. The van der Waals surface area contributed by atoms with E-state index in [-0.39, 0.29) is 17.7 Å². The number of carbonyl (C=O) groups excluding carboxylic acids is 1. The first-order valence-electron chi connectivity index (χ1n) is 5.88. The predicted molar refractivity (Wildman–Crippen MR) is 76.5 cm³/mol. The average molecular weight is 353 g/mol. The average Bonchev–Trinajstić information content (AvgIpc) is 2.44. The minimum absolute atomic E-state index is 0.0497. The molecule has 2 N–H and O–H groups in total. The summed E-state index contributed by atoms with van der Waals surface area (Å²) < 4.78 is 13.7. The number of hydrogen-bond donors (Lipinski definition) is 2. The zero-order valence-corrected chi connectivity index (χ0v) is 12.2. The molecule has 5 nitrogen and oxygen atoms in total. The molecular formula is C14H10BrFN2O3. The number of aromatic nitrogens is 1. The molecule has 21 heavy (non-hydrogen) atoms. The lowest BCUT2D eigenvalue weighted by Gasteiger charge is -2.06. The Morgan fingerprint density at radius 2 is 2.00 bits per heavy atom. The number of nitrogens with one attached hydrogen (secondary N) is 1. The summed E-state index contributed by atoms with van der Waals surface area (Å²) in [4.78, 5) is 26.7. The first-order chi connectivity index (χ1) is 9.95. The second kappa shape index (κ2) is 6.45. The van der Waals surface area contributed by atoms with Crippen molar-refractivity contribution in [1.82, 2.24) is 10.3 Å². The second-order valence-electron chi connectivity index (χ2n) is 4.18.